The zero-order valence-electron chi connectivity index (χ0n) is 16.3. The van der Waals surface area contributed by atoms with Crippen LogP contribution in [-0.2, 0) is 18.0 Å². The summed E-state index contributed by atoms with van der Waals surface area (Å²) in [7, 11) is 0. The third-order valence-electron chi connectivity index (χ3n) is 5.80. The predicted molar refractivity (Wildman–Crippen MR) is 104 cm³/mol. The molecule has 1 saturated heterocycles. The number of hydrogen-bond donors (Lipinski definition) is 1. The van der Waals surface area contributed by atoms with E-state index in [0.29, 0.717) is 18.3 Å². The Labute approximate surface area is 161 Å². The lowest BCUT2D eigenvalue weighted by molar-refractivity contribution is -0.144. The van der Waals surface area contributed by atoms with E-state index in [-0.39, 0.29) is 24.4 Å². The summed E-state index contributed by atoms with van der Waals surface area (Å²) in [6.45, 7) is 6.76. The monoisotopic (exact) mass is 368 g/mol. The maximum absolute atomic E-state index is 9.85. The smallest absolute Gasteiger partial charge is 0.126 e. The van der Waals surface area contributed by atoms with Crippen LogP contribution in [0, 0.1) is 5.92 Å². The van der Waals surface area contributed by atoms with E-state index in [4.69, 9.17) is 14.2 Å². The van der Waals surface area contributed by atoms with E-state index in [1.807, 2.05) is 42.5 Å². The Morgan fingerprint density at radius 1 is 1.15 bits per heavy atom. The first-order valence-corrected chi connectivity index (χ1v) is 9.77. The Bertz CT molecular complexity index is 800. The van der Waals surface area contributed by atoms with E-state index < -0.39 is 0 Å². The Kier molecular flexibility index (Phi) is 4.87. The van der Waals surface area contributed by atoms with Crippen LogP contribution in [0.4, 0.5) is 0 Å². The summed E-state index contributed by atoms with van der Waals surface area (Å²) in [6, 6.07) is 14.0. The Hall–Kier alpha value is -2.04. The van der Waals surface area contributed by atoms with Crippen molar-refractivity contribution in [2.24, 2.45) is 5.92 Å². The van der Waals surface area contributed by atoms with Gasteiger partial charge in [0.2, 0.25) is 0 Å². The van der Waals surface area contributed by atoms with Crippen molar-refractivity contribution in [3.8, 4) is 11.5 Å². The maximum atomic E-state index is 9.85. The van der Waals surface area contributed by atoms with Crippen LogP contribution >= 0.6 is 0 Å². The maximum Gasteiger partial charge on any atom is 0.126 e. The van der Waals surface area contributed by atoms with Crippen LogP contribution in [0.5, 0.6) is 11.5 Å². The van der Waals surface area contributed by atoms with Gasteiger partial charge < -0.3 is 19.3 Å². The minimum atomic E-state index is -0.295. The minimum absolute atomic E-state index is 0.000631. The number of fused-ring (bicyclic) bond motifs is 3. The second-order valence-electron chi connectivity index (χ2n) is 8.19. The minimum Gasteiger partial charge on any atom is -0.489 e. The van der Waals surface area contributed by atoms with E-state index in [0.717, 1.165) is 35.3 Å². The molecule has 0 radical (unpaired) electrons. The van der Waals surface area contributed by atoms with Gasteiger partial charge in [0.1, 0.15) is 23.7 Å². The van der Waals surface area contributed by atoms with Gasteiger partial charge in [-0.05, 0) is 51.3 Å². The van der Waals surface area contributed by atoms with Crippen molar-refractivity contribution >= 4 is 0 Å². The molecule has 2 aliphatic rings. The molecular formula is C23H28O4. The predicted octanol–water partition coefficient (Wildman–Crippen LogP) is 4.79. The van der Waals surface area contributed by atoms with E-state index in [9.17, 15) is 5.11 Å². The van der Waals surface area contributed by atoms with Crippen LogP contribution in [0.15, 0.2) is 42.5 Å². The Balaban J connectivity index is 1.68. The van der Waals surface area contributed by atoms with Crippen molar-refractivity contribution < 1.29 is 19.3 Å². The van der Waals surface area contributed by atoms with Gasteiger partial charge in [-0.25, -0.2) is 0 Å². The second-order valence-corrected chi connectivity index (χ2v) is 8.19. The van der Waals surface area contributed by atoms with Gasteiger partial charge in [-0.3, -0.25) is 0 Å². The highest BCUT2D eigenvalue weighted by atomic mass is 16.5. The van der Waals surface area contributed by atoms with Crippen molar-refractivity contribution in [1.82, 2.24) is 0 Å². The molecule has 4 nitrogen and oxygen atoms in total. The summed E-state index contributed by atoms with van der Waals surface area (Å²) in [6.07, 6.45) is 2.37. The summed E-state index contributed by atoms with van der Waals surface area (Å²) < 4.78 is 18.8. The first-order valence-electron chi connectivity index (χ1n) is 9.77. The fraction of sp³-hybridized carbons (Fsp3) is 0.478. The number of ether oxygens (including phenoxy) is 3. The van der Waals surface area contributed by atoms with Gasteiger partial charge in [0.15, 0.2) is 0 Å². The summed E-state index contributed by atoms with van der Waals surface area (Å²) in [5.74, 6) is 1.80. The molecule has 0 bridgehead atoms. The second kappa shape index (κ2) is 7.17. The SMILES string of the molecule is C[C@@H]1CC[C@@H]2[C@@H](O1)c1cc(OCc3ccccc3)c(CO)cc1OC2(C)C. The van der Waals surface area contributed by atoms with Gasteiger partial charge in [-0.2, -0.15) is 0 Å². The molecule has 27 heavy (non-hydrogen) atoms. The lowest BCUT2D eigenvalue weighted by atomic mass is 9.75. The van der Waals surface area contributed by atoms with Crippen molar-refractivity contribution in [2.75, 3.05) is 0 Å². The highest BCUT2D eigenvalue weighted by molar-refractivity contribution is 5.49. The number of aliphatic hydroxyl groups excluding tert-OH is 1. The average Bonchev–Trinajstić information content (AvgIpc) is 2.66. The van der Waals surface area contributed by atoms with Gasteiger partial charge in [0.05, 0.1) is 18.8 Å². The van der Waals surface area contributed by atoms with Crippen molar-refractivity contribution in [2.45, 2.75) is 64.6 Å². The Morgan fingerprint density at radius 2 is 1.93 bits per heavy atom. The zero-order chi connectivity index (χ0) is 19.0. The first kappa shape index (κ1) is 18.3. The quantitative estimate of drug-likeness (QED) is 0.843. The summed E-state index contributed by atoms with van der Waals surface area (Å²) in [5.41, 5.74) is 2.57. The van der Waals surface area contributed by atoms with Gasteiger partial charge in [-0.1, -0.05) is 30.3 Å². The van der Waals surface area contributed by atoms with E-state index in [1.165, 1.54) is 0 Å². The molecule has 0 aromatic heterocycles. The van der Waals surface area contributed by atoms with Crippen LogP contribution in [0.3, 0.4) is 0 Å². The van der Waals surface area contributed by atoms with Crippen molar-refractivity contribution in [3.63, 3.8) is 0 Å². The van der Waals surface area contributed by atoms with Gasteiger partial charge in [-0.15, -0.1) is 0 Å². The summed E-state index contributed by atoms with van der Waals surface area (Å²) in [5, 5.41) is 9.85. The molecule has 3 atom stereocenters. The number of hydrogen-bond acceptors (Lipinski definition) is 4. The number of rotatable bonds is 4. The third kappa shape index (κ3) is 3.56. The highest BCUT2D eigenvalue weighted by Crippen LogP contribution is 2.51. The van der Waals surface area contributed by atoms with Crippen molar-refractivity contribution in [1.29, 1.82) is 0 Å². The normalized spacial score (nSPS) is 25.9. The molecule has 144 valence electrons. The number of aliphatic hydroxyl groups is 1. The van der Waals surface area contributed by atoms with Gasteiger partial charge in [0, 0.05) is 17.0 Å². The molecule has 0 unspecified atom stereocenters. The standard InChI is InChI=1S/C23H28O4/c1-15-9-10-19-22(26-15)18-12-20(25-14-16-7-5-4-6-8-16)17(13-24)11-21(18)27-23(19,2)3/h4-8,11-12,15,19,22,24H,9-10,13-14H2,1-3H3/t15-,19-,22+/m1/s1. The zero-order valence-corrected chi connectivity index (χ0v) is 16.3. The molecule has 4 rings (SSSR count). The molecule has 0 amide bonds. The summed E-state index contributed by atoms with van der Waals surface area (Å²) >= 11 is 0. The fourth-order valence-corrected chi connectivity index (χ4v) is 4.26. The van der Waals surface area contributed by atoms with E-state index in [2.05, 4.69) is 20.8 Å². The lowest BCUT2D eigenvalue weighted by Gasteiger charge is -2.48. The molecule has 1 fully saturated rings. The molecular weight excluding hydrogens is 340 g/mol. The highest BCUT2D eigenvalue weighted by Gasteiger charge is 2.47. The largest absolute Gasteiger partial charge is 0.489 e. The van der Waals surface area contributed by atoms with Crippen LogP contribution < -0.4 is 9.47 Å². The molecule has 0 saturated carbocycles. The molecule has 4 heteroatoms. The topological polar surface area (TPSA) is 47.9 Å². The fourth-order valence-electron chi connectivity index (χ4n) is 4.26. The van der Waals surface area contributed by atoms with Gasteiger partial charge in [0.25, 0.3) is 0 Å². The molecule has 0 spiro atoms. The van der Waals surface area contributed by atoms with E-state index >= 15 is 0 Å². The molecule has 2 aromatic rings. The van der Waals surface area contributed by atoms with Crippen LogP contribution in [0.1, 0.15) is 56.4 Å². The van der Waals surface area contributed by atoms with Crippen molar-refractivity contribution in [3.05, 3.63) is 59.2 Å². The molecule has 2 heterocycles. The van der Waals surface area contributed by atoms with Crippen LogP contribution in [0.2, 0.25) is 0 Å². The average molecular weight is 368 g/mol. The van der Waals surface area contributed by atoms with Gasteiger partial charge >= 0.3 is 0 Å². The van der Waals surface area contributed by atoms with Crippen LogP contribution in [-0.4, -0.2) is 16.8 Å². The summed E-state index contributed by atoms with van der Waals surface area (Å²) in [4.78, 5) is 0. The molecule has 2 aromatic carbocycles. The first-order chi connectivity index (χ1) is 13.0. The Morgan fingerprint density at radius 3 is 2.67 bits per heavy atom. The van der Waals surface area contributed by atoms with E-state index in [1.54, 1.807) is 0 Å². The molecule has 2 aliphatic heterocycles. The lowest BCUT2D eigenvalue weighted by Crippen LogP contribution is -2.48. The van der Waals surface area contributed by atoms with Crippen LogP contribution in [0.25, 0.3) is 0 Å². The third-order valence-corrected chi connectivity index (χ3v) is 5.80. The molecule has 1 N–H and O–H groups in total. The molecule has 0 aliphatic carbocycles. The number of benzene rings is 2.